The van der Waals surface area contributed by atoms with E-state index in [9.17, 15) is 0 Å². The van der Waals surface area contributed by atoms with Crippen molar-refractivity contribution >= 4 is 29.9 Å². The number of aromatic nitrogens is 1. The van der Waals surface area contributed by atoms with Crippen LogP contribution in [0, 0.1) is 19.3 Å². The Bertz CT molecular complexity index is 558. The Morgan fingerprint density at radius 2 is 1.96 bits per heavy atom. The van der Waals surface area contributed by atoms with Crippen molar-refractivity contribution in [3.05, 3.63) is 17.0 Å². The minimum absolute atomic E-state index is 0. The predicted octanol–water partition coefficient (Wildman–Crippen LogP) is 3.71. The third kappa shape index (κ3) is 3.51. The van der Waals surface area contributed by atoms with E-state index in [1.807, 2.05) is 20.9 Å². The molecule has 1 aliphatic rings. The van der Waals surface area contributed by atoms with Crippen LogP contribution in [-0.4, -0.2) is 41.7 Å². The Morgan fingerprint density at radius 3 is 2.35 bits per heavy atom. The number of nitrogens with one attached hydrogen (secondary N) is 1. The van der Waals surface area contributed by atoms with Gasteiger partial charge in [-0.25, -0.2) is 0 Å². The first-order valence-electron chi connectivity index (χ1n) is 8.03. The van der Waals surface area contributed by atoms with Crippen LogP contribution in [0.15, 0.2) is 9.52 Å². The molecule has 5 nitrogen and oxygen atoms in total. The van der Waals surface area contributed by atoms with E-state index in [0.717, 1.165) is 30.5 Å². The lowest BCUT2D eigenvalue weighted by Crippen LogP contribution is -2.72. The number of guanidine groups is 1. The van der Waals surface area contributed by atoms with Crippen LogP contribution in [0.25, 0.3) is 0 Å². The van der Waals surface area contributed by atoms with Gasteiger partial charge < -0.3 is 14.7 Å². The zero-order valence-electron chi connectivity index (χ0n) is 15.6. The highest BCUT2D eigenvalue weighted by molar-refractivity contribution is 14.0. The number of nitrogens with zero attached hydrogens (tertiary/aromatic N) is 3. The summed E-state index contributed by atoms with van der Waals surface area (Å²) in [5.74, 6) is 2.22. The van der Waals surface area contributed by atoms with Crippen molar-refractivity contribution in [1.29, 1.82) is 0 Å². The smallest absolute Gasteiger partial charge is 0.194 e. The molecule has 23 heavy (non-hydrogen) atoms. The second-order valence-electron chi connectivity index (χ2n) is 7.60. The van der Waals surface area contributed by atoms with Gasteiger partial charge in [0.1, 0.15) is 5.76 Å². The molecule has 2 heterocycles. The molecule has 132 valence electrons. The highest BCUT2D eigenvalue weighted by Crippen LogP contribution is 2.46. The average Bonchev–Trinajstić information content (AvgIpc) is 2.77. The van der Waals surface area contributed by atoms with Crippen LogP contribution in [0.1, 0.15) is 57.6 Å². The van der Waals surface area contributed by atoms with Crippen molar-refractivity contribution in [3.63, 3.8) is 0 Å². The zero-order chi connectivity index (χ0) is 16.7. The fourth-order valence-electron chi connectivity index (χ4n) is 3.24. The van der Waals surface area contributed by atoms with E-state index < -0.39 is 0 Å². The van der Waals surface area contributed by atoms with Crippen molar-refractivity contribution in [2.75, 3.05) is 20.1 Å². The lowest BCUT2D eigenvalue weighted by atomic mass is 9.65. The molecule has 0 radical (unpaired) electrons. The van der Waals surface area contributed by atoms with Crippen LogP contribution < -0.4 is 5.32 Å². The van der Waals surface area contributed by atoms with Gasteiger partial charge in [0.2, 0.25) is 0 Å². The van der Waals surface area contributed by atoms with E-state index in [-0.39, 0.29) is 29.5 Å². The molecule has 0 bridgehead atoms. The van der Waals surface area contributed by atoms with Crippen LogP contribution >= 0.6 is 24.0 Å². The van der Waals surface area contributed by atoms with Gasteiger partial charge in [0.25, 0.3) is 0 Å². The molecule has 1 unspecified atom stereocenters. The summed E-state index contributed by atoms with van der Waals surface area (Å²) in [7, 11) is 1.85. The molecule has 1 N–H and O–H groups in total. The Morgan fingerprint density at radius 1 is 1.35 bits per heavy atom. The quantitative estimate of drug-likeness (QED) is 0.448. The first kappa shape index (κ1) is 20.3. The van der Waals surface area contributed by atoms with E-state index >= 15 is 0 Å². The van der Waals surface area contributed by atoms with Crippen LogP contribution in [0.2, 0.25) is 0 Å². The van der Waals surface area contributed by atoms with Crippen molar-refractivity contribution < 1.29 is 4.52 Å². The monoisotopic (exact) mass is 434 g/mol. The largest absolute Gasteiger partial charge is 0.361 e. The van der Waals surface area contributed by atoms with Crippen LogP contribution in [0.3, 0.4) is 0 Å². The Balaban J connectivity index is 0.00000264. The van der Waals surface area contributed by atoms with Crippen LogP contribution in [0.4, 0.5) is 0 Å². The molecule has 1 atom stereocenters. The average molecular weight is 434 g/mol. The Labute approximate surface area is 157 Å². The number of rotatable bonds is 3. The van der Waals surface area contributed by atoms with Crippen molar-refractivity contribution in [1.82, 2.24) is 15.4 Å². The van der Waals surface area contributed by atoms with Gasteiger partial charge in [-0.3, -0.25) is 4.99 Å². The summed E-state index contributed by atoms with van der Waals surface area (Å²) >= 11 is 0. The molecule has 1 aromatic heterocycles. The topological polar surface area (TPSA) is 53.7 Å². The van der Waals surface area contributed by atoms with Crippen LogP contribution in [-0.2, 0) is 0 Å². The number of likely N-dealkylation sites (tertiary alicyclic amines) is 1. The number of halogens is 1. The van der Waals surface area contributed by atoms with Gasteiger partial charge in [0.05, 0.1) is 5.69 Å². The fourth-order valence-corrected chi connectivity index (χ4v) is 3.24. The highest BCUT2D eigenvalue weighted by Gasteiger charge is 2.53. The summed E-state index contributed by atoms with van der Waals surface area (Å²) in [4.78, 5) is 6.82. The van der Waals surface area contributed by atoms with Crippen molar-refractivity contribution in [2.45, 2.75) is 59.9 Å². The molecule has 0 spiro atoms. The number of aryl methyl sites for hydroxylation is 2. The molecule has 0 amide bonds. The molecule has 1 fully saturated rings. The summed E-state index contributed by atoms with van der Waals surface area (Å²) in [5.41, 5.74) is 2.59. The number of hydrogen-bond acceptors (Lipinski definition) is 3. The lowest BCUT2D eigenvalue weighted by molar-refractivity contribution is -0.0667. The third-order valence-corrected chi connectivity index (χ3v) is 5.50. The molecule has 1 aliphatic heterocycles. The maximum Gasteiger partial charge on any atom is 0.194 e. The van der Waals surface area contributed by atoms with Crippen molar-refractivity contribution in [2.24, 2.45) is 10.4 Å². The molecule has 2 rings (SSSR count). The van der Waals surface area contributed by atoms with Crippen molar-refractivity contribution in [3.8, 4) is 0 Å². The molecular formula is C17H31IN4O. The van der Waals surface area contributed by atoms with E-state index in [0.29, 0.717) is 11.3 Å². The molecule has 1 saturated heterocycles. The molecule has 1 aromatic rings. The van der Waals surface area contributed by atoms with Gasteiger partial charge in [-0.1, -0.05) is 25.9 Å². The first-order chi connectivity index (χ1) is 10.1. The molecule has 6 heteroatoms. The number of aliphatic imine (C=N–C) groups is 1. The Hall–Kier alpha value is -0.790. The van der Waals surface area contributed by atoms with E-state index in [1.165, 1.54) is 5.56 Å². The molecule has 0 aromatic carbocycles. The van der Waals surface area contributed by atoms with Gasteiger partial charge in [-0.2, -0.15) is 0 Å². The minimum atomic E-state index is 0. The summed E-state index contributed by atoms with van der Waals surface area (Å²) < 4.78 is 5.27. The number of hydrogen-bond donors (Lipinski definition) is 1. The van der Waals surface area contributed by atoms with E-state index in [4.69, 9.17) is 4.52 Å². The van der Waals surface area contributed by atoms with Gasteiger partial charge in [-0.15, -0.1) is 24.0 Å². The molecule has 0 saturated carbocycles. The molecule has 0 aliphatic carbocycles. The minimum Gasteiger partial charge on any atom is -0.361 e. The Kier molecular flexibility index (Phi) is 6.15. The summed E-state index contributed by atoms with van der Waals surface area (Å²) in [6.45, 7) is 17.2. The predicted molar refractivity (Wildman–Crippen MR) is 106 cm³/mol. The SMILES string of the molecule is CN=C(NCC(C)c1c(C)noc1C)N1CC(C)(C)C1(C)C.I. The highest BCUT2D eigenvalue weighted by atomic mass is 127. The zero-order valence-corrected chi connectivity index (χ0v) is 18.0. The van der Waals surface area contributed by atoms with Crippen LogP contribution in [0.5, 0.6) is 0 Å². The van der Waals surface area contributed by atoms with E-state index in [1.54, 1.807) is 0 Å². The third-order valence-electron chi connectivity index (χ3n) is 5.50. The second kappa shape index (κ2) is 6.99. The summed E-state index contributed by atoms with van der Waals surface area (Å²) in [6, 6.07) is 0. The summed E-state index contributed by atoms with van der Waals surface area (Å²) in [5, 5.41) is 7.56. The molecular weight excluding hydrogens is 403 g/mol. The van der Waals surface area contributed by atoms with Gasteiger partial charge in [-0.05, 0) is 27.7 Å². The second-order valence-corrected chi connectivity index (χ2v) is 7.60. The van der Waals surface area contributed by atoms with Gasteiger partial charge >= 0.3 is 0 Å². The fraction of sp³-hybridized carbons (Fsp3) is 0.765. The van der Waals surface area contributed by atoms with Gasteiger partial charge in [0, 0.05) is 42.6 Å². The lowest BCUT2D eigenvalue weighted by Gasteiger charge is -2.62. The standard InChI is InChI=1S/C17H30N4O.HI/c1-11(14-12(2)20-22-13(14)3)9-19-15(18-8)21-10-16(4,5)17(21,6)7;/h11H,9-10H2,1-8H3,(H,18,19);1H. The summed E-state index contributed by atoms with van der Waals surface area (Å²) in [6.07, 6.45) is 0. The maximum absolute atomic E-state index is 5.27. The normalized spacial score (nSPS) is 20.5. The van der Waals surface area contributed by atoms with Gasteiger partial charge in [0.15, 0.2) is 5.96 Å². The first-order valence-corrected chi connectivity index (χ1v) is 8.03. The maximum atomic E-state index is 5.27. The van der Waals surface area contributed by atoms with E-state index in [2.05, 4.69) is 55.0 Å².